The topological polar surface area (TPSA) is 32.3 Å². The fraction of sp³-hybridized carbons (Fsp3) is 0.316. The Balaban J connectivity index is 2.18. The Morgan fingerprint density at radius 1 is 1.00 bits per heavy atom. The molecule has 0 unspecified atom stereocenters. The number of nitrogens with one attached hydrogen (secondary N) is 1. The SMILES string of the molecule is CCCCN(CC)C(=O)Nc1ccccc1-c1ccccc1. The Bertz CT molecular complexity index is 595. The van der Waals surface area contributed by atoms with Crippen molar-refractivity contribution < 1.29 is 4.79 Å². The lowest BCUT2D eigenvalue weighted by atomic mass is 10.0. The summed E-state index contributed by atoms with van der Waals surface area (Å²) < 4.78 is 0. The Morgan fingerprint density at radius 3 is 2.36 bits per heavy atom. The van der Waals surface area contributed by atoms with Gasteiger partial charge in [-0.15, -0.1) is 0 Å². The minimum absolute atomic E-state index is 0.0284. The summed E-state index contributed by atoms with van der Waals surface area (Å²) in [5.74, 6) is 0. The minimum atomic E-state index is -0.0284. The molecular weight excluding hydrogens is 272 g/mol. The Labute approximate surface area is 133 Å². The first-order valence-corrected chi connectivity index (χ1v) is 7.96. The van der Waals surface area contributed by atoms with Crippen LogP contribution in [0.3, 0.4) is 0 Å². The molecule has 0 spiro atoms. The molecule has 0 atom stereocenters. The number of benzene rings is 2. The predicted molar refractivity (Wildman–Crippen MR) is 93.1 cm³/mol. The highest BCUT2D eigenvalue weighted by Crippen LogP contribution is 2.27. The van der Waals surface area contributed by atoms with Crippen LogP contribution in [0.5, 0.6) is 0 Å². The first-order valence-electron chi connectivity index (χ1n) is 7.96. The van der Waals surface area contributed by atoms with E-state index in [2.05, 4.69) is 24.4 Å². The second-order valence-corrected chi connectivity index (χ2v) is 5.27. The molecule has 0 saturated heterocycles. The molecule has 3 nitrogen and oxygen atoms in total. The first-order chi connectivity index (χ1) is 10.8. The number of rotatable bonds is 6. The van der Waals surface area contributed by atoms with Crippen LogP contribution < -0.4 is 5.32 Å². The molecule has 116 valence electrons. The van der Waals surface area contributed by atoms with Crippen molar-refractivity contribution in [3.63, 3.8) is 0 Å². The van der Waals surface area contributed by atoms with Crippen molar-refractivity contribution >= 4 is 11.7 Å². The molecule has 0 aliphatic rings. The van der Waals surface area contributed by atoms with Gasteiger partial charge in [0, 0.05) is 18.7 Å². The zero-order chi connectivity index (χ0) is 15.8. The lowest BCUT2D eigenvalue weighted by molar-refractivity contribution is 0.213. The highest BCUT2D eigenvalue weighted by Gasteiger charge is 2.13. The van der Waals surface area contributed by atoms with E-state index in [1.54, 1.807) is 0 Å². The molecule has 0 fully saturated rings. The van der Waals surface area contributed by atoms with Crippen molar-refractivity contribution in [3.8, 4) is 11.1 Å². The normalized spacial score (nSPS) is 10.3. The van der Waals surface area contributed by atoms with Crippen molar-refractivity contribution in [2.24, 2.45) is 0 Å². The molecule has 0 aliphatic heterocycles. The second kappa shape index (κ2) is 8.23. The summed E-state index contributed by atoms with van der Waals surface area (Å²) in [7, 11) is 0. The Morgan fingerprint density at radius 2 is 1.68 bits per heavy atom. The van der Waals surface area contributed by atoms with Crippen LogP contribution in [0.1, 0.15) is 26.7 Å². The highest BCUT2D eigenvalue weighted by atomic mass is 16.2. The van der Waals surface area contributed by atoms with Gasteiger partial charge in [-0.2, -0.15) is 0 Å². The molecule has 2 rings (SSSR count). The van der Waals surface area contributed by atoms with Gasteiger partial charge in [0.25, 0.3) is 0 Å². The van der Waals surface area contributed by atoms with Crippen LogP contribution in [-0.2, 0) is 0 Å². The van der Waals surface area contributed by atoms with E-state index in [0.29, 0.717) is 0 Å². The molecule has 0 heterocycles. The van der Waals surface area contributed by atoms with Gasteiger partial charge in [0.15, 0.2) is 0 Å². The molecule has 22 heavy (non-hydrogen) atoms. The summed E-state index contributed by atoms with van der Waals surface area (Å²) in [5, 5.41) is 3.06. The van der Waals surface area contributed by atoms with E-state index < -0.39 is 0 Å². The Kier molecular flexibility index (Phi) is 6.01. The number of carbonyl (C=O) groups is 1. The maximum Gasteiger partial charge on any atom is 0.321 e. The highest BCUT2D eigenvalue weighted by molar-refractivity contribution is 5.94. The van der Waals surface area contributed by atoms with E-state index in [1.807, 2.05) is 54.3 Å². The van der Waals surface area contributed by atoms with Crippen molar-refractivity contribution in [1.82, 2.24) is 4.90 Å². The fourth-order valence-electron chi connectivity index (χ4n) is 2.41. The molecule has 2 amide bonds. The maximum absolute atomic E-state index is 12.4. The van der Waals surface area contributed by atoms with Crippen molar-refractivity contribution in [2.75, 3.05) is 18.4 Å². The third-order valence-corrected chi connectivity index (χ3v) is 3.70. The van der Waals surface area contributed by atoms with E-state index in [0.717, 1.165) is 42.7 Å². The average Bonchev–Trinajstić information content (AvgIpc) is 2.57. The van der Waals surface area contributed by atoms with Crippen LogP contribution in [0.2, 0.25) is 0 Å². The summed E-state index contributed by atoms with van der Waals surface area (Å²) in [4.78, 5) is 14.3. The maximum atomic E-state index is 12.4. The zero-order valence-corrected chi connectivity index (χ0v) is 13.4. The summed E-state index contributed by atoms with van der Waals surface area (Å²) >= 11 is 0. The molecule has 0 saturated carbocycles. The molecule has 0 aliphatic carbocycles. The standard InChI is InChI=1S/C19H24N2O/c1-3-5-15-21(4-2)19(22)20-18-14-10-9-13-17(18)16-11-7-6-8-12-16/h6-14H,3-5,15H2,1-2H3,(H,20,22). The number of urea groups is 1. The van der Waals surface area contributed by atoms with Gasteiger partial charge in [-0.25, -0.2) is 4.79 Å². The van der Waals surface area contributed by atoms with Crippen LogP contribution >= 0.6 is 0 Å². The van der Waals surface area contributed by atoms with E-state index in [4.69, 9.17) is 0 Å². The van der Waals surface area contributed by atoms with Gasteiger partial charge in [-0.1, -0.05) is 61.9 Å². The summed E-state index contributed by atoms with van der Waals surface area (Å²) in [6.45, 7) is 5.67. The number of hydrogen-bond donors (Lipinski definition) is 1. The fourth-order valence-corrected chi connectivity index (χ4v) is 2.41. The molecule has 3 heteroatoms. The van der Waals surface area contributed by atoms with Gasteiger partial charge in [-0.05, 0) is 25.0 Å². The lowest BCUT2D eigenvalue weighted by Crippen LogP contribution is -2.35. The van der Waals surface area contributed by atoms with E-state index in [-0.39, 0.29) is 6.03 Å². The van der Waals surface area contributed by atoms with Gasteiger partial charge in [-0.3, -0.25) is 0 Å². The summed E-state index contributed by atoms with van der Waals surface area (Å²) in [5.41, 5.74) is 3.01. The van der Waals surface area contributed by atoms with E-state index in [9.17, 15) is 4.79 Å². The predicted octanol–water partition coefficient (Wildman–Crippen LogP) is 5.01. The average molecular weight is 296 g/mol. The van der Waals surface area contributed by atoms with Crippen molar-refractivity contribution in [2.45, 2.75) is 26.7 Å². The molecule has 0 radical (unpaired) electrons. The third-order valence-electron chi connectivity index (χ3n) is 3.70. The lowest BCUT2D eigenvalue weighted by Gasteiger charge is -2.22. The Hall–Kier alpha value is -2.29. The summed E-state index contributed by atoms with van der Waals surface area (Å²) in [6, 6.07) is 18.0. The van der Waals surface area contributed by atoms with E-state index in [1.165, 1.54) is 0 Å². The van der Waals surface area contributed by atoms with Gasteiger partial charge in [0.2, 0.25) is 0 Å². The number of para-hydroxylation sites is 1. The smallest absolute Gasteiger partial charge is 0.321 e. The van der Waals surface area contributed by atoms with E-state index >= 15 is 0 Å². The minimum Gasteiger partial charge on any atom is -0.325 e. The molecule has 2 aromatic rings. The second-order valence-electron chi connectivity index (χ2n) is 5.27. The van der Waals surface area contributed by atoms with Crippen molar-refractivity contribution in [3.05, 3.63) is 54.6 Å². The first kappa shape index (κ1) is 16.1. The van der Waals surface area contributed by atoms with Crippen LogP contribution in [-0.4, -0.2) is 24.0 Å². The van der Waals surface area contributed by atoms with Crippen LogP contribution in [0.25, 0.3) is 11.1 Å². The monoisotopic (exact) mass is 296 g/mol. The third kappa shape index (κ3) is 4.10. The zero-order valence-electron chi connectivity index (χ0n) is 13.4. The van der Waals surface area contributed by atoms with Crippen LogP contribution in [0.15, 0.2) is 54.6 Å². The summed E-state index contributed by atoms with van der Waals surface area (Å²) in [6.07, 6.45) is 2.12. The number of carbonyl (C=O) groups excluding carboxylic acids is 1. The molecule has 2 aromatic carbocycles. The quantitative estimate of drug-likeness (QED) is 0.798. The largest absolute Gasteiger partial charge is 0.325 e. The van der Waals surface area contributed by atoms with Gasteiger partial charge in [0.05, 0.1) is 5.69 Å². The van der Waals surface area contributed by atoms with Gasteiger partial charge < -0.3 is 10.2 Å². The van der Waals surface area contributed by atoms with Gasteiger partial charge in [0.1, 0.15) is 0 Å². The number of unbranched alkanes of at least 4 members (excludes halogenated alkanes) is 1. The molecule has 0 aromatic heterocycles. The number of amides is 2. The number of anilines is 1. The number of hydrogen-bond acceptors (Lipinski definition) is 1. The molecule has 1 N–H and O–H groups in total. The molecule has 0 bridgehead atoms. The van der Waals surface area contributed by atoms with Crippen LogP contribution in [0.4, 0.5) is 10.5 Å². The van der Waals surface area contributed by atoms with Crippen LogP contribution in [0, 0.1) is 0 Å². The van der Waals surface area contributed by atoms with Crippen molar-refractivity contribution in [1.29, 1.82) is 0 Å². The van der Waals surface area contributed by atoms with Gasteiger partial charge >= 0.3 is 6.03 Å². The molecular formula is C19H24N2O. The number of nitrogens with zero attached hydrogens (tertiary/aromatic N) is 1.